The maximum atomic E-state index is 5.11. The number of aromatic nitrogens is 2. The van der Waals surface area contributed by atoms with Gasteiger partial charge >= 0.3 is 0 Å². The van der Waals surface area contributed by atoms with Gasteiger partial charge in [-0.2, -0.15) is 0 Å². The van der Waals surface area contributed by atoms with Crippen molar-refractivity contribution in [3.05, 3.63) is 34.6 Å². The van der Waals surface area contributed by atoms with E-state index >= 15 is 0 Å². The van der Waals surface area contributed by atoms with Gasteiger partial charge in [-0.15, -0.1) is 0 Å². The minimum Gasteiger partial charge on any atom is -0.249 e. The van der Waals surface area contributed by atoms with Gasteiger partial charge in [-0.3, -0.25) is 0 Å². The highest BCUT2D eigenvalue weighted by atomic mass is 79.9. The van der Waals surface area contributed by atoms with Crippen molar-refractivity contribution in [2.45, 2.75) is 44.9 Å². The molecule has 4 heteroatoms. The van der Waals surface area contributed by atoms with Gasteiger partial charge in [0.1, 0.15) is 0 Å². The largest absolute Gasteiger partial charge is 0.249 e. The van der Waals surface area contributed by atoms with Crippen LogP contribution in [0.2, 0.25) is 0 Å². The molecular weight excluding hydrogens is 404 g/mol. The summed E-state index contributed by atoms with van der Waals surface area (Å²) < 4.78 is 0. The fourth-order valence-electron chi connectivity index (χ4n) is 4.58. The van der Waals surface area contributed by atoms with Crippen LogP contribution in [0.4, 0.5) is 0 Å². The minimum absolute atomic E-state index is 0.122. The zero-order valence-corrected chi connectivity index (χ0v) is 16.4. The standard InChI is InChI=1S/C18H20Br2N2/c1-10-6-13-14(7-11(10)2)22-16-15(21-13)12-4-5-18(16,9-20)17(12,3)8-19/h6-7,12H,4-5,8-9H2,1-3H3/t12-,17-,18-/m0/s1. The Kier molecular flexibility index (Phi) is 3.26. The lowest BCUT2D eigenvalue weighted by Crippen LogP contribution is -2.40. The van der Waals surface area contributed by atoms with Crippen LogP contribution in [-0.4, -0.2) is 20.6 Å². The van der Waals surface area contributed by atoms with Gasteiger partial charge in [-0.05, 0) is 55.4 Å². The third-order valence-electron chi connectivity index (χ3n) is 6.32. The van der Waals surface area contributed by atoms with Crippen LogP contribution in [0, 0.1) is 19.3 Å². The van der Waals surface area contributed by atoms with Crippen LogP contribution in [0.15, 0.2) is 12.1 Å². The second kappa shape index (κ2) is 4.76. The Hall–Kier alpha value is -0.480. The van der Waals surface area contributed by atoms with E-state index in [2.05, 4.69) is 64.8 Å². The summed E-state index contributed by atoms with van der Waals surface area (Å²) in [6, 6.07) is 4.38. The zero-order valence-electron chi connectivity index (χ0n) is 13.2. The molecule has 2 bridgehead atoms. The summed E-state index contributed by atoms with van der Waals surface area (Å²) in [5, 5.41) is 1.97. The summed E-state index contributed by atoms with van der Waals surface area (Å²) in [4.78, 5) is 10.2. The van der Waals surface area contributed by atoms with Gasteiger partial charge in [0.15, 0.2) is 0 Å². The lowest BCUT2D eigenvalue weighted by Gasteiger charge is -2.38. The lowest BCUT2D eigenvalue weighted by atomic mass is 9.70. The van der Waals surface area contributed by atoms with Crippen LogP contribution < -0.4 is 0 Å². The topological polar surface area (TPSA) is 25.8 Å². The van der Waals surface area contributed by atoms with E-state index in [-0.39, 0.29) is 10.8 Å². The highest BCUT2D eigenvalue weighted by Crippen LogP contribution is 2.68. The Balaban J connectivity index is 2.04. The molecule has 2 nitrogen and oxygen atoms in total. The van der Waals surface area contributed by atoms with Crippen molar-refractivity contribution in [2.75, 3.05) is 10.7 Å². The van der Waals surface area contributed by atoms with Gasteiger partial charge in [-0.1, -0.05) is 38.8 Å². The van der Waals surface area contributed by atoms with Crippen molar-refractivity contribution in [3.63, 3.8) is 0 Å². The van der Waals surface area contributed by atoms with Gasteiger partial charge in [0, 0.05) is 22.0 Å². The monoisotopic (exact) mass is 422 g/mol. The van der Waals surface area contributed by atoms with Crippen LogP contribution >= 0.6 is 31.9 Å². The highest BCUT2D eigenvalue weighted by molar-refractivity contribution is 9.09. The van der Waals surface area contributed by atoms with E-state index in [1.54, 1.807) is 0 Å². The molecule has 0 saturated heterocycles. The molecule has 0 amide bonds. The maximum Gasteiger partial charge on any atom is 0.0893 e. The molecule has 0 radical (unpaired) electrons. The first kappa shape index (κ1) is 15.1. The van der Waals surface area contributed by atoms with E-state index in [9.17, 15) is 0 Å². The van der Waals surface area contributed by atoms with Crippen LogP contribution in [0.5, 0.6) is 0 Å². The van der Waals surface area contributed by atoms with Gasteiger partial charge in [0.05, 0.1) is 22.4 Å². The fourth-order valence-corrected chi connectivity index (χ4v) is 6.69. The number of halogens is 2. The first-order valence-corrected chi connectivity index (χ1v) is 10.1. The number of alkyl halides is 2. The normalized spacial score (nSPS) is 32.7. The van der Waals surface area contributed by atoms with Crippen LogP contribution in [0.1, 0.15) is 48.2 Å². The third kappa shape index (κ3) is 1.61. The lowest BCUT2D eigenvalue weighted by molar-refractivity contribution is 0.243. The molecule has 1 aromatic heterocycles. The Morgan fingerprint density at radius 1 is 1.09 bits per heavy atom. The summed E-state index contributed by atoms with van der Waals surface area (Å²) >= 11 is 7.60. The molecule has 1 heterocycles. The highest BCUT2D eigenvalue weighted by Gasteiger charge is 2.65. The summed E-state index contributed by atoms with van der Waals surface area (Å²) in [7, 11) is 0. The first-order chi connectivity index (χ1) is 10.5. The molecule has 0 aliphatic heterocycles. The zero-order chi connectivity index (χ0) is 15.7. The molecule has 2 aromatic rings. The molecule has 2 aliphatic rings. The maximum absolute atomic E-state index is 5.11. The van der Waals surface area contributed by atoms with Crippen LogP contribution in [-0.2, 0) is 5.41 Å². The molecule has 1 saturated carbocycles. The average Bonchev–Trinajstić information content (AvgIpc) is 2.91. The summed E-state index contributed by atoms with van der Waals surface area (Å²) in [6.45, 7) is 6.71. The van der Waals surface area contributed by atoms with E-state index in [0.29, 0.717) is 5.92 Å². The van der Waals surface area contributed by atoms with Crippen molar-refractivity contribution in [1.29, 1.82) is 0 Å². The molecule has 0 spiro atoms. The predicted molar refractivity (Wildman–Crippen MR) is 98.4 cm³/mol. The van der Waals surface area contributed by atoms with E-state index in [1.807, 2.05) is 0 Å². The number of rotatable bonds is 2. The number of hydrogen-bond acceptors (Lipinski definition) is 2. The molecule has 0 N–H and O–H groups in total. The molecule has 116 valence electrons. The molecule has 22 heavy (non-hydrogen) atoms. The van der Waals surface area contributed by atoms with E-state index in [4.69, 9.17) is 9.97 Å². The Morgan fingerprint density at radius 2 is 1.73 bits per heavy atom. The van der Waals surface area contributed by atoms with Gasteiger partial charge < -0.3 is 0 Å². The molecule has 0 unspecified atom stereocenters. The van der Waals surface area contributed by atoms with Gasteiger partial charge in [0.2, 0.25) is 0 Å². The summed E-state index contributed by atoms with van der Waals surface area (Å²) in [5.41, 5.74) is 7.52. The Morgan fingerprint density at radius 3 is 2.32 bits per heavy atom. The average molecular weight is 424 g/mol. The Labute approximate surface area is 148 Å². The molecule has 4 rings (SSSR count). The minimum atomic E-state index is 0.122. The number of aryl methyl sites for hydroxylation is 2. The fraction of sp³-hybridized carbons (Fsp3) is 0.556. The molecule has 3 atom stereocenters. The predicted octanol–water partition coefficient (Wildman–Crippen LogP) is 5.17. The van der Waals surface area contributed by atoms with Crippen molar-refractivity contribution < 1.29 is 0 Å². The number of benzene rings is 1. The van der Waals surface area contributed by atoms with Crippen molar-refractivity contribution in [3.8, 4) is 0 Å². The number of fused-ring (bicyclic) bond motifs is 6. The van der Waals surface area contributed by atoms with Gasteiger partial charge in [-0.25, -0.2) is 9.97 Å². The Bertz CT molecular complexity index is 788. The van der Waals surface area contributed by atoms with Gasteiger partial charge in [0.25, 0.3) is 0 Å². The SMILES string of the molecule is Cc1cc2nc3c(nc2cc1C)[C@@]1(CBr)CC[C@@H]3[C@]1(C)CBr. The molecular formula is C18H20Br2N2. The first-order valence-electron chi connectivity index (χ1n) is 7.88. The number of hydrogen-bond donors (Lipinski definition) is 0. The van der Waals surface area contributed by atoms with E-state index in [1.165, 1.54) is 35.4 Å². The quantitative estimate of drug-likeness (QED) is 0.622. The van der Waals surface area contributed by atoms with Crippen molar-refractivity contribution in [1.82, 2.24) is 9.97 Å². The van der Waals surface area contributed by atoms with E-state index in [0.717, 1.165) is 21.7 Å². The number of nitrogens with zero attached hydrogens (tertiary/aromatic N) is 2. The van der Waals surface area contributed by atoms with Crippen molar-refractivity contribution in [2.24, 2.45) is 5.41 Å². The van der Waals surface area contributed by atoms with Crippen LogP contribution in [0.25, 0.3) is 11.0 Å². The molecule has 2 aliphatic carbocycles. The second-order valence-corrected chi connectivity index (χ2v) is 8.36. The van der Waals surface area contributed by atoms with Crippen LogP contribution in [0.3, 0.4) is 0 Å². The third-order valence-corrected chi connectivity index (χ3v) is 8.44. The molecule has 1 aromatic carbocycles. The second-order valence-electron chi connectivity index (χ2n) is 7.24. The molecule has 1 fully saturated rings. The van der Waals surface area contributed by atoms with Crippen molar-refractivity contribution >= 4 is 42.9 Å². The summed E-state index contributed by atoms with van der Waals surface area (Å²) in [6.07, 6.45) is 2.44. The summed E-state index contributed by atoms with van der Waals surface area (Å²) in [5.74, 6) is 0.526. The van der Waals surface area contributed by atoms with E-state index < -0.39 is 0 Å². The smallest absolute Gasteiger partial charge is 0.0893 e.